The first-order chi connectivity index (χ1) is 14.5. The molecular weight excluding hydrogens is 424 g/mol. The molecule has 1 N–H and O–H groups in total. The van der Waals surface area contributed by atoms with Crippen LogP contribution in [0.15, 0.2) is 52.6 Å². The monoisotopic (exact) mass is 440 g/mol. The molecule has 0 amide bonds. The highest BCUT2D eigenvalue weighted by molar-refractivity contribution is 7.17. The zero-order chi connectivity index (χ0) is 21.1. The normalized spacial score (nSPS) is 11.4. The summed E-state index contributed by atoms with van der Waals surface area (Å²) in [5, 5.41) is 6.67. The minimum Gasteiger partial charge on any atom is -0.454 e. The van der Waals surface area contributed by atoms with Crippen molar-refractivity contribution in [2.45, 2.75) is 20.1 Å². The maximum absolute atomic E-state index is 12.1. The van der Waals surface area contributed by atoms with Crippen LogP contribution in [0, 0.1) is 6.92 Å². The Morgan fingerprint density at radius 2 is 2.10 bits per heavy atom. The number of H-pyrrole nitrogens is 1. The highest BCUT2D eigenvalue weighted by Gasteiger charge is 2.12. The minimum absolute atomic E-state index is 0.135. The van der Waals surface area contributed by atoms with Gasteiger partial charge in [0.1, 0.15) is 22.3 Å². The summed E-state index contributed by atoms with van der Waals surface area (Å²) in [6.45, 7) is 2.22. The fourth-order valence-electron chi connectivity index (χ4n) is 2.95. The lowest BCUT2D eigenvalue weighted by Crippen LogP contribution is -2.12. The number of nitrogens with zero attached hydrogens (tertiary/aromatic N) is 3. The molecule has 30 heavy (non-hydrogen) atoms. The molecule has 3 heterocycles. The highest BCUT2D eigenvalue weighted by atomic mass is 35.5. The summed E-state index contributed by atoms with van der Waals surface area (Å²) >= 11 is 7.76. The van der Waals surface area contributed by atoms with Gasteiger partial charge in [-0.1, -0.05) is 41.9 Å². The van der Waals surface area contributed by atoms with Crippen molar-refractivity contribution in [1.82, 2.24) is 19.7 Å². The zero-order valence-corrected chi connectivity index (χ0v) is 17.5. The third-order valence-corrected chi connectivity index (χ3v) is 5.69. The van der Waals surface area contributed by atoms with Gasteiger partial charge in [-0.25, -0.2) is 14.5 Å². The number of halogens is 1. The number of carbonyl (C=O) groups is 1. The van der Waals surface area contributed by atoms with Crippen LogP contribution in [0.25, 0.3) is 16.3 Å². The van der Waals surface area contributed by atoms with E-state index >= 15 is 0 Å². The van der Waals surface area contributed by atoms with Crippen LogP contribution in [0.2, 0.25) is 5.15 Å². The molecular formula is C21H17ClN4O3S. The Balaban J connectivity index is 1.42. The second-order valence-electron chi connectivity index (χ2n) is 6.52. The van der Waals surface area contributed by atoms with Crippen LogP contribution in [0.5, 0.6) is 0 Å². The van der Waals surface area contributed by atoms with Crippen LogP contribution in [0.1, 0.15) is 22.6 Å². The molecule has 0 unspecified atom stereocenters. The summed E-state index contributed by atoms with van der Waals surface area (Å²) in [6.07, 6.45) is 2.86. The van der Waals surface area contributed by atoms with Gasteiger partial charge in [0.05, 0.1) is 17.8 Å². The van der Waals surface area contributed by atoms with E-state index in [1.165, 1.54) is 17.4 Å². The molecule has 4 aromatic rings. The predicted octanol–water partition coefficient (Wildman–Crippen LogP) is 3.95. The number of carbonyl (C=O) groups excluding carboxylic acids is 1. The molecule has 7 nitrogen and oxygen atoms in total. The van der Waals surface area contributed by atoms with Crippen molar-refractivity contribution in [3.05, 3.63) is 86.0 Å². The largest absolute Gasteiger partial charge is 0.454 e. The summed E-state index contributed by atoms with van der Waals surface area (Å²) in [4.78, 5) is 31.0. The molecule has 4 rings (SSSR count). The van der Waals surface area contributed by atoms with Crippen LogP contribution in [-0.2, 0) is 22.7 Å². The zero-order valence-electron chi connectivity index (χ0n) is 16.0. The van der Waals surface area contributed by atoms with Gasteiger partial charge in [0.25, 0.3) is 5.56 Å². The second kappa shape index (κ2) is 8.64. The number of rotatable bonds is 6. The molecule has 0 aliphatic carbocycles. The maximum Gasteiger partial charge on any atom is 0.331 e. The van der Waals surface area contributed by atoms with E-state index in [2.05, 4.69) is 15.1 Å². The topological polar surface area (TPSA) is 89.9 Å². The fraction of sp³-hybridized carbons (Fsp3) is 0.143. The fourth-order valence-corrected chi connectivity index (χ4v) is 3.97. The van der Waals surface area contributed by atoms with Gasteiger partial charge in [0.15, 0.2) is 0 Å². The van der Waals surface area contributed by atoms with E-state index in [-0.39, 0.29) is 18.0 Å². The number of hydrogen-bond donors (Lipinski definition) is 1. The lowest BCUT2D eigenvalue weighted by atomic mass is 10.2. The van der Waals surface area contributed by atoms with E-state index in [1.807, 2.05) is 37.3 Å². The Hall–Kier alpha value is -3.23. The molecule has 152 valence electrons. The molecule has 0 saturated heterocycles. The Labute approximate surface area is 180 Å². The lowest BCUT2D eigenvalue weighted by molar-refractivity contribution is -0.139. The van der Waals surface area contributed by atoms with Crippen molar-refractivity contribution in [2.75, 3.05) is 0 Å². The van der Waals surface area contributed by atoms with E-state index in [0.29, 0.717) is 33.2 Å². The average Bonchev–Trinajstić information content (AvgIpc) is 3.31. The Kier molecular flexibility index (Phi) is 5.78. The van der Waals surface area contributed by atoms with Gasteiger partial charge in [-0.05, 0) is 30.0 Å². The first-order valence-corrected chi connectivity index (χ1v) is 10.3. The molecule has 9 heteroatoms. The van der Waals surface area contributed by atoms with Crippen LogP contribution in [-0.4, -0.2) is 25.7 Å². The summed E-state index contributed by atoms with van der Waals surface area (Å²) in [6, 6.07) is 11.6. The third kappa shape index (κ3) is 4.34. The van der Waals surface area contributed by atoms with E-state index in [0.717, 1.165) is 5.56 Å². The number of ether oxygens (including phenoxy) is 1. The van der Waals surface area contributed by atoms with Crippen molar-refractivity contribution in [3.63, 3.8) is 0 Å². The average molecular weight is 441 g/mol. The summed E-state index contributed by atoms with van der Waals surface area (Å²) in [5.74, 6) is -0.285. The van der Waals surface area contributed by atoms with Crippen molar-refractivity contribution in [2.24, 2.45) is 0 Å². The van der Waals surface area contributed by atoms with Crippen LogP contribution in [0.4, 0.5) is 0 Å². The van der Waals surface area contributed by atoms with Gasteiger partial charge in [-0.2, -0.15) is 5.10 Å². The minimum atomic E-state index is -0.575. The highest BCUT2D eigenvalue weighted by Crippen LogP contribution is 2.22. The summed E-state index contributed by atoms with van der Waals surface area (Å²) in [5.41, 5.74) is 2.76. The standard InChI is InChI=1S/C21H17ClN4O3S/c1-13-15(20(22)26(25-13)11-14-5-3-2-4-6-14)7-8-18(27)29-12-17-23-16-9-10-30-19(16)21(28)24-17/h2-10H,11-12H2,1H3,(H,23,24,28). The molecule has 3 aromatic heterocycles. The van der Waals surface area contributed by atoms with Crippen LogP contribution >= 0.6 is 22.9 Å². The quantitative estimate of drug-likeness (QED) is 0.362. The van der Waals surface area contributed by atoms with Gasteiger partial charge < -0.3 is 9.72 Å². The van der Waals surface area contributed by atoms with Gasteiger partial charge in [-0.3, -0.25) is 4.79 Å². The Morgan fingerprint density at radius 1 is 1.30 bits per heavy atom. The molecule has 1 aromatic carbocycles. The van der Waals surface area contributed by atoms with E-state index < -0.39 is 5.97 Å². The van der Waals surface area contributed by atoms with Gasteiger partial charge in [0, 0.05) is 11.6 Å². The van der Waals surface area contributed by atoms with Crippen LogP contribution < -0.4 is 5.56 Å². The van der Waals surface area contributed by atoms with E-state index in [4.69, 9.17) is 16.3 Å². The molecule has 0 fully saturated rings. The van der Waals surface area contributed by atoms with Crippen molar-refractivity contribution in [1.29, 1.82) is 0 Å². The number of thiophene rings is 1. The number of aromatic amines is 1. The number of aromatic nitrogens is 4. The molecule has 0 aliphatic heterocycles. The summed E-state index contributed by atoms with van der Waals surface area (Å²) < 4.78 is 7.41. The number of fused-ring (bicyclic) bond motifs is 1. The molecule has 0 atom stereocenters. The molecule has 0 bridgehead atoms. The number of benzene rings is 1. The number of esters is 1. The summed E-state index contributed by atoms with van der Waals surface area (Å²) in [7, 11) is 0. The maximum atomic E-state index is 12.1. The molecule has 0 spiro atoms. The molecule has 0 radical (unpaired) electrons. The lowest BCUT2D eigenvalue weighted by Gasteiger charge is -2.03. The molecule has 0 saturated carbocycles. The van der Waals surface area contributed by atoms with Crippen molar-refractivity contribution >= 4 is 45.2 Å². The second-order valence-corrected chi connectivity index (χ2v) is 7.80. The van der Waals surface area contributed by atoms with Gasteiger partial charge in [-0.15, -0.1) is 11.3 Å². The number of aryl methyl sites for hydroxylation is 1. The van der Waals surface area contributed by atoms with Crippen molar-refractivity contribution in [3.8, 4) is 0 Å². The van der Waals surface area contributed by atoms with E-state index in [1.54, 1.807) is 22.2 Å². The Morgan fingerprint density at radius 3 is 2.90 bits per heavy atom. The SMILES string of the molecule is Cc1nn(Cc2ccccc2)c(Cl)c1C=CC(=O)OCc1nc2ccsc2c(=O)[nH]1. The van der Waals surface area contributed by atoms with Gasteiger partial charge in [0.2, 0.25) is 0 Å². The van der Waals surface area contributed by atoms with E-state index in [9.17, 15) is 9.59 Å². The first kappa shape index (κ1) is 20.1. The van der Waals surface area contributed by atoms with Gasteiger partial charge >= 0.3 is 5.97 Å². The number of hydrogen-bond acceptors (Lipinski definition) is 6. The first-order valence-electron chi connectivity index (χ1n) is 9.09. The molecule has 0 aliphatic rings. The Bertz CT molecular complexity index is 1290. The smallest absolute Gasteiger partial charge is 0.331 e. The van der Waals surface area contributed by atoms with Crippen molar-refractivity contribution < 1.29 is 9.53 Å². The van der Waals surface area contributed by atoms with Crippen LogP contribution in [0.3, 0.4) is 0 Å². The predicted molar refractivity (Wildman–Crippen MR) is 117 cm³/mol. The number of nitrogens with one attached hydrogen (secondary N) is 1. The third-order valence-electron chi connectivity index (χ3n) is 4.39.